The van der Waals surface area contributed by atoms with Gasteiger partial charge in [0.1, 0.15) is 0 Å². The van der Waals surface area contributed by atoms with Crippen molar-refractivity contribution in [3.8, 4) is 0 Å². The summed E-state index contributed by atoms with van der Waals surface area (Å²) in [5.74, 6) is 0. The van der Waals surface area contributed by atoms with E-state index in [9.17, 15) is 0 Å². The molecule has 1 aromatic heterocycles. The van der Waals surface area contributed by atoms with Gasteiger partial charge < -0.3 is 10.4 Å². The first-order valence-electron chi connectivity index (χ1n) is 5.47. The maximum absolute atomic E-state index is 8.94. The zero-order chi connectivity index (χ0) is 11.5. The van der Waals surface area contributed by atoms with Crippen LogP contribution in [-0.4, -0.2) is 27.5 Å². The zero-order valence-corrected chi connectivity index (χ0v) is 9.64. The molecule has 1 atom stereocenters. The summed E-state index contributed by atoms with van der Waals surface area (Å²) in [7, 11) is 1.95. The molecule has 1 heterocycles. The largest absolute Gasteiger partial charge is 0.395 e. The predicted molar refractivity (Wildman–Crippen MR) is 64.1 cm³/mol. The summed E-state index contributed by atoms with van der Waals surface area (Å²) in [5.41, 5.74) is 2.16. The number of aliphatic hydroxyl groups is 1. The van der Waals surface area contributed by atoms with Crippen LogP contribution in [0.4, 0.5) is 0 Å². The highest BCUT2D eigenvalue weighted by Gasteiger charge is 2.08. The van der Waals surface area contributed by atoms with Crippen LogP contribution in [0.5, 0.6) is 0 Å². The molecule has 0 aliphatic carbocycles. The van der Waals surface area contributed by atoms with Gasteiger partial charge >= 0.3 is 0 Å². The SMILES string of the molecule is CC(CO)NCc1nn(C)c2ccccc12. The minimum absolute atomic E-state index is 0.0979. The summed E-state index contributed by atoms with van der Waals surface area (Å²) >= 11 is 0. The lowest BCUT2D eigenvalue weighted by Gasteiger charge is -2.08. The van der Waals surface area contributed by atoms with Crippen LogP contribution in [0.25, 0.3) is 10.9 Å². The molecule has 4 heteroatoms. The number of benzene rings is 1. The molecule has 2 rings (SSSR count). The Hall–Kier alpha value is -1.39. The number of aliphatic hydroxyl groups excluding tert-OH is 1. The molecule has 4 nitrogen and oxygen atoms in total. The topological polar surface area (TPSA) is 50.1 Å². The van der Waals surface area contributed by atoms with Crippen LogP contribution in [0, 0.1) is 0 Å². The van der Waals surface area contributed by atoms with Gasteiger partial charge in [0.2, 0.25) is 0 Å². The molecule has 0 saturated carbocycles. The third-order valence-corrected chi connectivity index (χ3v) is 2.73. The number of nitrogens with zero attached hydrogens (tertiary/aromatic N) is 2. The van der Waals surface area contributed by atoms with E-state index < -0.39 is 0 Å². The van der Waals surface area contributed by atoms with E-state index >= 15 is 0 Å². The molecule has 2 aromatic rings. The van der Waals surface area contributed by atoms with Crippen LogP contribution in [0.1, 0.15) is 12.6 Å². The van der Waals surface area contributed by atoms with Gasteiger partial charge in [-0.2, -0.15) is 5.10 Å². The summed E-state index contributed by atoms with van der Waals surface area (Å²) < 4.78 is 1.88. The molecular weight excluding hydrogens is 202 g/mol. The number of nitrogens with one attached hydrogen (secondary N) is 1. The van der Waals surface area contributed by atoms with Crippen LogP contribution in [0.3, 0.4) is 0 Å². The minimum atomic E-state index is 0.0979. The number of aryl methyl sites for hydroxylation is 1. The fraction of sp³-hybridized carbons (Fsp3) is 0.417. The molecular formula is C12H17N3O. The zero-order valence-electron chi connectivity index (χ0n) is 9.64. The van der Waals surface area contributed by atoms with Gasteiger partial charge in [0.15, 0.2) is 0 Å². The van der Waals surface area contributed by atoms with Crippen LogP contribution < -0.4 is 5.32 Å². The molecule has 0 fully saturated rings. The van der Waals surface area contributed by atoms with Crippen molar-refractivity contribution in [1.82, 2.24) is 15.1 Å². The third-order valence-electron chi connectivity index (χ3n) is 2.73. The molecule has 0 aliphatic rings. The molecule has 1 unspecified atom stereocenters. The van der Waals surface area contributed by atoms with Crippen LogP contribution in [0.2, 0.25) is 0 Å². The first kappa shape index (κ1) is 11.1. The smallest absolute Gasteiger partial charge is 0.0841 e. The Bertz CT molecular complexity index is 478. The highest BCUT2D eigenvalue weighted by Crippen LogP contribution is 2.17. The van der Waals surface area contributed by atoms with E-state index in [0.717, 1.165) is 11.2 Å². The van der Waals surface area contributed by atoms with Crippen molar-refractivity contribution in [2.45, 2.75) is 19.5 Å². The second-order valence-electron chi connectivity index (χ2n) is 4.05. The molecule has 0 spiro atoms. The Morgan fingerprint density at radius 3 is 2.94 bits per heavy atom. The number of para-hydroxylation sites is 1. The maximum atomic E-state index is 8.94. The highest BCUT2D eigenvalue weighted by atomic mass is 16.3. The molecule has 16 heavy (non-hydrogen) atoms. The van der Waals surface area contributed by atoms with Crippen molar-refractivity contribution in [1.29, 1.82) is 0 Å². The quantitative estimate of drug-likeness (QED) is 0.808. The number of hydrogen-bond acceptors (Lipinski definition) is 3. The first-order chi connectivity index (χ1) is 7.72. The fourth-order valence-electron chi connectivity index (χ4n) is 1.75. The Kier molecular flexibility index (Phi) is 3.22. The fourth-order valence-corrected chi connectivity index (χ4v) is 1.75. The Morgan fingerprint density at radius 2 is 2.19 bits per heavy atom. The van der Waals surface area contributed by atoms with Crippen molar-refractivity contribution in [3.05, 3.63) is 30.0 Å². The molecule has 0 bridgehead atoms. The number of rotatable bonds is 4. The minimum Gasteiger partial charge on any atom is -0.395 e. The van der Waals surface area contributed by atoms with Crippen LogP contribution in [-0.2, 0) is 13.6 Å². The van der Waals surface area contributed by atoms with E-state index in [1.54, 1.807) is 0 Å². The standard InChI is InChI=1S/C12H17N3O/c1-9(8-16)13-7-11-10-5-3-4-6-12(10)15(2)14-11/h3-6,9,13,16H,7-8H2,1-2H3. The summed E-state index contributed by atoms with van der Waals surface area (Å²) in [5, 5.41) is 17.8. The van der Waals surface area contributed by atoms with E-state index in [1.165, 1.54) is 5.39 Å². The predicted octanol–water partition coefficient (Wildman–Crippen LogP) is 1.04. The number of fused-ring (bicyclic) bond motifs is 1. The normalized spacial score (nSPS) is 13.2. The van der Waals surface area contributed by atoms with Crippen molar-refractivity contribution in [2.75, 3.05) is 6.61 Å². The Balaban J connectivity index is 2.24. The summed E-state index contributed by atoms with van der Waals surface area (Å²) in [6, 6.07) is 8.26. The average molecular weight is 219 g/mol. The van der Waals surface area contributed by atoms with Crippen molar-refractivity contribution >= 4 is 10.9 Å². The van der Waals surface area contributed by atoms with Crippen LogP contribution >= 0.6 is 0 Å². The summed E-state index contributed by atoms with van der Waals surface area (Å²) in [6.07, 6.45) is 0. The maximum Gasteiger partial charge on any atom is 0.0841 e. The lowest BCUT2D eigenvalue weighted by molar-refractivity contribution is 0.250. The van der Waals surface area contributed by atoms with Crippen molar-refractivity contribution in [3.63, 3.8) is 0 Å². The lowest BCUT2D eigenvalue weighted by atomic mass is 10.2. The average Bonchev–Trinajstić information content (AvgIpc) is 2.64. The monoisotopic (exact) mass is 219 g/mol. The molecule has 0 saturated heterocycles. The van der Waals surface area contributed by atoms with Gasteiger partial charge in [0.25, 0.3) is 0 Å². The van der Waals surface area contributed by atoms with Gasteiger partial charge in [0.05, 0.1) is 17.8 Å². The van der Waals surface area contributed by atoms with E-state index in [0.29, 0.717) is 6.54 Å². The number of hydrogen-bond donors (Lipinski definition) is 2. The summed E-state index contributed by atoms with van der Waals surface area (Å²) in [4.78, 5) is 0. The summed E-state index contributed by atoms with van der Waals surface area (Å²) in [6.45, 7) is 2.78. The molecule has 0 aliphatic heterocycles. The first-order valence-corrected chi connectivity index (χ1v) is 5.47. The molecule has 2 N–H and O–H groups in total. The van der Waals surface area contributed by atoms with E-state index in [1.807, 2.05) is 30.8 Å². The second-order valence-corrected chi connectivity index (χ2v) is 4.05. The molecule has 0 radical (unpaired) electrons. The van der Waals surface area contributed by atoms with E-state index in [4.69, 9.17) is 5.11 Å². The molecule has 1 aromatic carbocycles. The van der Waals surface area contributed by atoms with E-state index in [2.05, 4.69) is 22.5 Å². The van der Waals surface area contributed by atoms with Gasteiger partial charge in [0, 0.05) is 25.0 Å². The molecule has 86 valence electrons. The van der Waals surface area contributed by atoms with Gasteiger partial charge in [-0.1, -0.05) is 18.2 Å². The van der Waals surface area contributed by atoms with Gasteiger partial charge in [-0.15, -0.1) is 0 Å². The van der Waals surface area contributed by atoms with Gasteiger partial charge in [-0.25, -0.2) is 0 Å². The van der Waals surface area contributed by atoms with Crippen molar-refractivity contribution < 1.29 is 5.11 Å². The third kappa shape index (κ3) is 2.08. The van der Waals surface area contributed by atoms with Gasteiger partial charge in [-0.3, -0.25) is 4.68 Å². The van der Waals surface area contributed by atoms with Gasteiger partial charge in [-0.05, 0) is 13.0 Å². The Labute approximate surface area is 94.9 Å². The van der Waals surface area contributed by atoms with Crippen LogP contribution in [0.15, 0.2) is 24.3 Å². The van der Waals surface area contributed by atoms with Crippen molar-refractivity contribution in [2.24, 2.45) is 7.05 Å². The number of aromatic nitrogens is 2. The highest BCUT2D eigenvalue weighted by molar-refractivity contribution is 5.81. The molecule has 0 amide bonds. The van der Waals surface area contributed by atoms with E-state index in [-0.39, 0.29) is 12.6 Å². The lowest BCUT2D eigenvalue weighted by Crippen LogP contribution is -2.28. The Morgan fingerprint density at radius 1 is 1.44 bits per heavy atom. The second kappa shape index (κ2) is 4.63.